The van der Waals surface area contributed by atoms with Gasteiger partial charge in [0.25, 0.3) is 0 Å². The van der Waals surface area contributed by atoms with Crippen LogP contribution in [0.15, 0.2) is 61.2 Å². The Labute approximate surface area is 144 Å². The average Bonchev–Trinajstić information content (AvgIpc) is 2.62. The van der Waals surface area contributed by atoms with Crippen molar-refractivity contribution in [1.29, 1.82) is 0 Å². The van der Waals surface area contributed by atoms with Crippen LogP contribution in [0.5, 0.6) is 0 Å². The normalized spacial score (nSPS) is 10.4. The van der Waals surface area contributed by atoms with Gasteiger partial charge in [-0.15, -0.1) is 6.58 Å². The maximum absolute atomic E-state index is 14.1. The van der Waals surface area contributed by atoms with Crippen LogP contribution in [0.4, 0.5) is 13.2 Å². The summed E-state index contributed by atoms with van der Waals surface area (Å²) in [6, 6.07) is 12.8. The summed E-state index contributed by atoms with van der Waals surface area (Å²) < 4.78 is 41.4. The van der Waals surface area contributed by atoms with Crippen molar-refractivity contribution in [2.24, 2.45) is 0 Å². The molecule has 0 saturated heterocycles. The van der Waals surface area contributed by atoms with E-state index in [0.29, 0.717) is 24.0 Å². The first kappa shape index (κ1) is 16.9. The zero-order valence-electron chi connectivity index (χ0n) is 13.5. The molecule has 0 nitrogen and oxygen atoms in total. The third-order valence-electron chi connectivity index (χ3n) is 3.92. The van der Waals surface area contributed by atoms with E-state index in [2.05, 4.69) is 18.4 Å². The van der Waals surface area contributed by atoms with Gasteiger partial charge in [-0.05, 0) is 59.5 Å². The van der Waals surface area contributed by atoms with Gasteiger partial charge < -0.3 is 0 Å². The van der Waals surface area contributed by atoms with E-state index in [1.165, 1.54) is 18.2 Å². The van der Waals surface area contributed by atoms with Gasteiger partial charge in [0.2, 0.25) is 0 Å². The van der Waals surface area contributed by atoms with Crippen LogP contribution in [0, 0.1) is 29.3 Å². The first-order valence-corrected chi connectivity index (χ1v) is 7.87. The summed E-state index contributed by atoms with van der Waals surface area (Å²) >= 11 is 0. The van der Waals surface area contributed by atoms with Crippen molar-refractivity contribution in [3.8, 4) is 11.8 Å². The second kappa shape index (κ2) is 7.27. The van der Waals surface area contributed by atoms with Crippen LogP contribution >= 0.6 is 0 Å². The fourth-order valence-electron chi connectivity index (χ4n) is 2.57. The molecule has 0 aliphatic carbocycles. The van der Waals surface area contributed by atoms with E-state index >= 15 is 0 Å². The van der Waals surface area contributed by atoms with Crippen LogP contribution in [0.25, 0.3) is 10.8 Å². The molecule has 3 aromatic carbocycles. The SMILES string of the molecule is C=CCCc1ccc(C#Cc2ccc3cc(F)ccc3c2)c(F)c1F. The molecule has 0 fully saturated rings. The highest BCUT2D eigenvalue weighted by atomic mass is 19.2. The number of benzene rings is 3. The van der Waals surface area contributed by atoms with E-state index in [0.717, 1.165) is 10.8 Å². The number of fused-ring (bicyclic) bond motifs is 1. The van der Waals surface area contributed by atoms with Crippen LogP contribution in [-0.2, 0) is 6.42 Å². The van der Waals surface area contributed by atoms with E-state index in [9.17, 15) is 13.2 Å². The number of aryl methyl sites for hydroxylation is 1. The molecule has 0 aromatic heterocycles. The van der Waals surface area contributed by atoms with E-state index in [-0.39, 0.29) is 11.4 Å². The van der Waals surface area contributed by atoms with Gasteiger partial charge in [-0.25, -0.2) is 13.2 Å². The first-order valence-electron chi connectivity index (χ1n) is 7.87. The number of allylic oxidation sites excluding steroid dienone is 1. The Balaban J connectivity index is 1.92. The topological polar surface area (TPSA) is 0 Å². The molecule has 0 saturated carbocycles. The van der Waals surface area contributed by atoms with Gasteiger partial charge in [-0.1, -0.05) is 36.1 Å². The molecule has 0 spiro atoms. The maximum atomic E-state index is 14.1. The lowest BCUT2D eigenvalue weighted by Crippen LogP contribution is -1.97. The standard InChI is InChI=1S/C22H15F3/c1-2-3-4-16-9-10-17(22(25)21(16)24)7-5-15-6-8-19-14-20(23)12-11-18(19)13-15/h2,6,8-14H,1,3-4H2. The van der Waals surface area contributed by atoms with Crippen molar-refractivity contribution in [2.45, 2.75) is 12.8 Å². The molecule has 3 heteroatoms. The quantitative estimate of drug-likeness (QED) is 0.420. The van der Waals surface area contributed by atoms with Crippen molar-refractivity contribution >= 4 is 10.8 Å². The van der Waals surface area contributed by atoms with Crippen LogP contribution in [0.1, 0.15) is 23.1 Å². The average molecular weight is 336 g/mol. The predicted molar refractivity (Wildman–Crippen MR) is 94.8 cm³/mol. The molecule has 0 bridgehead atoms. The fourth-order valence-corrected chi connectivity index (χ4v) is 2.57. The van der Waals surface area contributed by atoms with Gasteiger partial charge in [0.05, 0.1) is 5.56 Å². The highest BCUT2D eigenvalue weighted by molar-refractivity contribution is 5.83. The summed E-state index contributed by atoms with van der Waals surface area (Å²) in [6.45, 7) is 3.58. The summed E-state index contributed by atoms with van der Waals surface area (Å²) in [6.07, 6.45) is 2.65. The van der Waals surface area contributed by atoms with Gasteiger partial charge in [0, 0.05) is 5.56 Å². The van der Waals surface area contributed by atoms with Crippen LogP contribution < -0.4 is 0 Å². The number of hydrogen-bond acceptors (Lipinski definition) is 0. The second-order valence-corrected chi connectivity index (χ2v) is 5.68. The predicted octanol–water partition coefficient (Wildman–Crippen LogP) is 5.78. The van der Waals surface area contributed by atoms with Gasteiger partial charge >= 0.3 is 0 Å². The van der Waals surface area contributed by atoms with Crippen LogP contribution in [0.3, 0.4) is 0 Å². The lowest BCUT2D eigenvalue weighted by molar-refractivity contribution is 0.497. The molecule has 3 rings (SSSR count). The highest BCUT2D eigenvalue weighted by Gasteiger charge is 2.11. The van der Waals surface area contributed by atoms with Gasteiger partial charge in [-0.3, -0.25) is 0 Å². The Kier molecular flexibility index (Phi) is 4.90. The van der Waals surface area contributed by atoms with Crippen molar-refractivity contribution in [1.82, 2.24) is 0 Å². The first-order chi connectivity index (χ1) is 12.1. The van der Waals surface area contributed by atoms with Crippen molar-refractivity contribution < 1.29 is 13.2 Å². The maximum Gasteiger partial charge on any atom is 0.174 e. The van der Waals surface area contributed by atoms with Crippen molar-refractivity contribution in [2.75, 3.05) is 0 Å². The molecule has 0 N–H and O–H groups in total. The molecule has 0 unspecified atom stereocenters. The fraction of sp³-hybridized carbons (Fsp3) is 0.0909. The molecule has 0 amide bonds. The van der Waals surface area contributed by atoms with Gasteiger partial charge in [-0.2, -0.15) is 0 Å². The van der Waals surface area contributed by atoms with Crippen LogP contribution in [-0.4, -0.2) is 0 Å². The third kappa shape index (κ3) is 3.75. The minimum Gasteiger partial charge on any atom is -0.207 e. The Bertz CT molecular complexity index is 1010. The summed E-state index contributed by atoms with van der Waals surface area (Å²) in [4.78, 5) is 0. The molecule has 3 aromatic rings. The van der Waals surface area contributed by atoms with Gasteiger partial charge in [0.1, 0.15) is 5.82 Å². The smallest absolute Gasteiger partial charge is 0.174 e. The number of halogens is 3. The van der Waals surface area contributed by atoms with E-state index in [1.54, 1.807) is 36.4 Å². The molecule has 0 aliphatic heterocycles. The summed E-state index contributed by atoms with van der Waals surface area (Å²) in [7, 11) is 0. The Morgan fingerprint density at radius 1 is 0.840 bits per heavy atom. The largest absolute Gasteiger partial charge is 0.207 e. The zero-order valence-corrected chi connectivity index (χ0v) is 13.5. The van der Waals surface area contributed by atoms with Gasteiger partial charge in [0.15, 0.2) is 11.6 Å². The molecule has 0 radical (unpaired) electrons. The van der Waals surface area contributed by atoms with Crippen molar-refractivity contribution in [3.05, 3.63) is 95.3 Å². The van der Waals surface area contributed by atoms with E-state index < -0.39 is 11.6 Å². The Morgan fingerprint density at radius 3 is 2.40 bits per heavy atom. The summed E-state index contributed by atoms with van der Waals surface area (Å²) in [5.74, 6) is 3.40. The summed E-state index contributed by atoms with van der Waals surface area (Å²) in [5, 5.41) is 1.59. The summed E-state index contributed by atoms with van der Waals surface area (Å²) in [5.41, 5.74) is 0.976. The highest BCUT2D eigenvalue weighted by Crippen LogP contribution is 2.19. The molecule has 25 heavy (non-hydrogen) atoms. The zero-order chi connectivity index (χ0) is 17.8. The number of hydrogen-bond donors (Lipinski definition) is 0. The lowest BCUT2D eigenvalue weighted by Gasteiger charge is -2.04. The monoisotopic (exact) mass is 336 g/mol. The molecule has 0 heterocycles. The molecule has 0 atom stereocenters. The van der Waals surface area contributed by atoms with E-state index in [1.807, 2.05) is 0 Å². The lowest BCUT2D eigenvalue weighted by atomic mass is 10.0. The van der Waals surface area contributed by atoms with Crippen molar-refractivity contribution in [3.63, 3.8) is 0 Å². The Hall–Kier alpha value is -2.99. The molecule has 0 aliphatic rings. The minimum absolute atomic E-state index is 0.0130. The second-order valence-electron chi connectivity index (χ2n) is 5.68. The third-order valence-corrected chi connectivity index (χ3v) is 3.92. The number of rotatable bonds is 3. The Morgan fingerprint density at radius 2 is 1.60 bits per heavy atom. The minimum atomic E-state index is -0.933. The molecule has 124 valence electrons. The van der Waals surface area contributed by atoms with E-state index in [4.69, 9.17) is 0 Å². The van der Waals surface area contributed by atoms with Crippen LogP contribution in [0.2, 0.25) is 0 Å². The molecular formula is C22H15F3. The molecular weight excluding hydrogens is 321 g/mol.